The molecule has 0 aromatic carbocycles. The first-order chi connectivity index (χ1) is 6.87. The molecule has 1 fully saturated rings. The van der Waals surface area contributed by atoms with Crippen LogP contribution in [0.3, 0.4) is 0 Å². The van der Waals surface area contributed by atoms with Crippen molar-refractivity contribution < 1.29 is 0 Å². The summed E-state index contributed by atoms with van der Waals surface area (Å²) in [6, 6.07) is 2.10. The maximum Gasteiger partial charge on any atom is 0.131 e. The molecular formula is C12H17ClN2. The molecule has 2 nitrogen and oxygen atoms in total. The Morgan fingerprint density at radius 2 is 2.07 bits per heavy atom. The highest BCUT2D eigenvalue weighted by molar-refractivity contribution is 6.30. The van der Waals surface area contributed by atoms with Gasteiger partial charge in [0.2, 0.25) is 0 Å². The Bertz CT molecular complexity index is 395. The molecule has 2 rings (SSSR count). The fourth-order valence-corrected chi connectivity index (χ4v) is 2.05. The molecule has 0 atom stereocenters. The molecule has 2 N–H and O–H groups in total. The maximum atomic E-state index is 6.28. The van der Waals surface area contributed by atoms with Crippen molar-refractivity contribution in [3.05, 3.63) is 28.5 Å². The Kier molecular flexibility index (Phi) is 2.32. The monoisotopic (exact) mass is 224 g/mol. The second kappa shape index (κ2) is 3.19. The van der Waals surface area contributed by atoms with Gasteiger partial charge in [0.25, 0.3) is 0 Å². The van der Waals surface area contributed by atoms with Gasteiger partial charge < -0.3 is 5.73 Å². The van der Waals surface area contributed by atoms with Crippen LogP contribution in [-0.4, -0.2) is 10.5 Å². The Morgan fingerprint density at radius 3 is 2.53 bits per heavy atom. The van der Waals surface area contributed by atoms with Gasteiger partial charge in [0.1, 0.15) is 5.15 Å². The van der Waals surface area contributed by atoms with E-state index in [1.165, 1.54) is 5.56 Å². The van der Waals surface area contributed by atoms with Gasteiger partial charge in [-0.05, 0) is 30.9 Å². The fourth-order valence-electron chi connectivity index (χ4n) is 1.95. The molecule has 1 aliphatic carbocycles. The predicted octanol–water partition coefficient (Wildman–Crippen LogP) is 2.81. The van der Waals surface area contributed by atoms with Gasteiger partial charge in [-0.25, -0.2) is 4.98 Å². The quantitative estimate of drug-likeness (QED) is 0.785. The van der Waals surface area contributed by atoms with Crippen molar-refractivity contribution in [2.75, 3.05) is 0 Å². The normalized spacial score (nSPS) is 19.0. The third kappa shape index (κ3) is 1.66. The molecule has 82 valence electrons. The number of hydrogen-bond acceptors (Lipinski definition) is 2. The summed E-state index contributed by atoms with van der Waals surface area (Å²) >= 11 is 5.92. The van der Waals surface area contributed by atoms with E-state index in [1.54, 1.807) is 0 Å². The Hall–Kier alpha value is -0.600. The highest BCUT2D eigenvalue weighted by Crippen LogP contribution is 2.49. The van der Waals surface area contributed by atoms with E-state index in [9.17, 15) is 0 Å². The first-order valence-electron chi connectivity index (χ1n) is 5.28. The molecule has 15 heavy (non-hydrogen) atoms. The van der Waals surface area contributed by atoms with Crippen molar-refractivity contribution >= 4 is 11.6 Å². The van der Waals surface area contributed by atoms with Gasteiger partial charge in [-0.1, -0.05) is 31.5 Å². The zero-order valence-electron chi connectivity index (χ0n) is 9.47. The number of hydrogen-bond donors (Lipinski definition) is 1. The lowest BCUT2D eigenvalue weighted by atomic mass is 9.76. The highest BCUT2D eigenvalue weighted by Gasteiger charge is 2.52. The Labute approximate surface area is 95.8 Å². The van der Waals surface area contributed by atoms with E-state index in [0.29, 0.717) is 5.15 Å². The van der Waals surface area contributed by atoms with Crippen molar-refractivity contribution in [3.63, 3.8) is 0 Å². The van der Waals surface area contributed by atoms with E-state index in [-0.39, 0.29) is 11.0 Å². The SMILES string of the molecule is Cc1cc(C(C)(C)C2(N)CC2)cnc1Cl. The number of aryl methyl sites for hydroxylation is 1. The molecule has 0 aliphatic heterocycles. The van der Waals surface area contributed by atoms with Crippen molar-refractivity contribution in [1.29, 1.82) is 0 Å². The molecule has 1 saturated carbocycles. The molecule has 1 aromatic rings. The average molecular weight is 225 g/mol. The lowest BCUT2D eigenvalue weighted by Crippen LogP contribution is -2.43. The Morgan fingerprint density at radius 1 is 1.47 bits per heavy atom. The second-order valence-electron chi connectivity index (χ2n) is 5.11. The van der Waals surface area contributed by atoms with Gasteiger partial charge in [0, 0.05) is 17.2 Å². The summed E-state index contributed by atoms with van der Waals surface area (Å²) < 4.78 is 0. The molecule has 0 spiro atoms. The van der Waals surface area contributed by atoms with Crippen LogP contribution < -0.4 is 5.73 Å². The van der Waals surface area contributed by atoms with Gasteiger partial charge in [-0.2, -0.15) is 0 Å². The maximum absolute atomic E-state index is 6.28. The molecule has 0 saturated heterocycles. The molecular weight excluding hydrogens is 208 g/mol. The van der Waals surface area contributed by atoms with Crippen molar-refractivity contribution in [2.24, 2.45) is 5.73 Å². The van der Waals surface area contributed by atoms with Crippen LogP contribution in [0.5, 0.6) is 0 Å². The van der Waals surface area contributed by atoms with Crippen LogP contribution in [0.15, 0.2) is 12.3 Å². The van der Waals surface area contributed by atoms with Gasteiger partial charge in [0.05, 0.1) is 0 Å². The summed E-state index contributed by atoms with van der Waals surface area (Å²) in [6.07, 6.45) is 4.05. The van der Waals surface area contributed by atoms with Crippen molar-refractivity contribution in [2.45, 2.75) is 44.6 Å². The lowest BCUT2D eigenvalue weighted by molar-refractivity contribution is 0.390. The van der Waals surface area contributed by atoms with Crippen LogP contribution >= 0.6 is 11.6 Å². The molecule has 0 unspecified atom stereocenters. The molecule has 0 radical (unpaired) electrons. The van der Waals surface area contributed by atoms with Gasteiger partial charge in [0.15, 0.2) is 0 Å². The van der Waals surface area contributed by atoms with E-state index < -0.39 is 0 Å². The summed E-state index contributed by atoms with van der Waals surface area (Å²) in [4.78, 5) is 4.20. The number of halogens is 1. The van der Waals surface area contributed by atoms with Crippen molar-refractivity contribution in [1.82, 2.24) is 4.98 Å². The van der Waals surface area contributed by atoms with E-state index in [4.69, 9.17) is 17.3 Å². The fraction of sp³-hybridized carbons (Fsp3) is 0.583. The Balaban J connectivity index is 2.41. The van der Waals surface area contributed by atoms with Gasteiger partial charge in [-0.3, -0.25) is 0 Å². The number of rotatable bonds is 2. The molecule has 1 aliphatic rings. The predicted molar refractivity (Wildman–Crippen MR) is 63.2 cm³/mol. The minimum Gasteiger partial charge on any atom is -0.324 e. The zero-order valence-corrected chi connectivity index (χ0v) is 10.2. The number of aromatic nitrogens is 1. The first kappa shape index (κ1) is 10.9. The van der Waals surface area contributed by atoms with E-state index >= 15 is 0 Å². The van der Waals surface area contributed by atoms with Crippen molar-refractivity contribution in [3.8, 4) is 0 Å². The second-order valence-corrected chi connectivity index (χ2v) is 5.47. The molecule has 3 heteroatoms. The van der Waals surface area contributed by atoms with Crippen LogP contribution in [0, 0.1) is 6.92 Å². The number of nitrogens with two attached hydrogens (primary N) is 1. The third-order valence-corrected chi connectivity index (χ3v) is 4.17. The summed E-state index contributed by atoms with van der Waals surface area (Å²) in [5.74, 6) is 0. The van der Waals surface area contributed by atoms with Gasteiger partial charge in [-0.15, -0.1) is 0 Å². The lowest BCUT2D eigenvalue weighted by Gasteiger charge is -2.32. The first-order valence-corrected chi connectivity index (χ1v) is 5.66. The number of pyridine rings is 1. The van der Waals surface area contributed by atoms with Crippen LogP contribution in [0.4, 0.5) is 0 Å². The van der Waals surface area contributed by atoms with Gasteiger partial charge >= 0.3 is 0 Å². The summed E-state index contributed by atoms with van der Waals surface area (Å²) in [5.41, 5.74) is 8.42. The minimum absolute atomic E-state index is 0.0185. The zero-order chi connectivity index (χ0) is 11.3. The standard InChI is InChI=1S/C12H17ClN2/c1-8-6-9(7-15-10(8)13)11(2,3)12(14)4-5-12/h6-7H,4-5,14H2,1-3H3. The minimum atomic E-state index is -0.0467. The average Bonchev–Trinajstić information content (AvgIpc) is 2.90. The van der Waals surface area contributed by atoms with E-state index in [1.807, 2.05) is 13.1 Å². The summed E-state index contributed by atoms with van der Waals surface area (Å²) in [7, 11) is 0. The largest absolute Gasteiger partial charge is 0.324 e. The van der Waals surface area contributed by atoms with E-state index in [2.05, 4.69) is 24.9 Å². The molecule has 0 bridgehead atoms. The van der Waals surface area contributed by atoms with Crippen LogP contribution in [0.2, 0.25) is 5.15 Å². The highest BCUT2D eigenvalue weighted by atomic mass is 35.5. The van der Waals surface area contributed by atoms with Crippen LogP contribution in [0.25, 0.3) is 0 Å². The summed E-state index contributed by atoms with van der Waals surface area (Å²) in [6.45, 7) is 6.35. The van der Waals surface area contributed by atoms with Crippen LogP contribution in [0.1, 0.15) is 37.8 Å². The topological polar surface area (TPSA) is 38.9 Å². The van der Waals surface area contributed by atoms with Crippen LogP contribution in [-0.2, 0) is 5.41 Å². The molecule has 0 amide bonds. The van der Waals surface area contributed by atoms with E-state index in [0.717, 1.165) is 18.4 Å². The smallest absolute Gasteiger partial charge is 0.131 e. The summed E-state index contributed by atoms with van der Waals surface area (Å²) in [5, 5.41) is 0.580. The number of nitrogens with zero attached hydrogens (tertiary/aromatic N) is 1. The third-order valence-electron chi connectivity index (χ3n) is 3.77. The molecule has 1 heterocycles. The molecule has 1 aromatic heterocycles.